The fraction of sp³-hybridized carbons (Fsp3) is 0.333. The Bertz CT molecular complexity index is 1170. The molecule has 166 valence electrons. The molecule has 1 saturated carbocycles. The van der Waals surface area contributed by atoms with Crippen molar-refractivity contribution in [1.29, 1.82) is 0 Å². The van der Waals surface area contributed by atoms with Crippen LogP contribution in [0.1, 0.15) is 24.8 Å². The van der Waals surface area contributed by atoms with E-state index in [1.807, 2.05) is 0 Å². The molecule has 1 fully saturated rings. The molecule has 0 aliphatic heterocycles. The molecular weight excluding hydrogens is 446 g/mol. The number of alkyl halides is 4. The van der Waals surface area contributed by atoms with Gasteiger partial charge in [-0.25, -0.2) is 21.6 Å². The van der Waals surface area contributed by atoms with Gasteiger partial charge in [0, 0.05) is 18.1 Å². The van der Waals surface area contributed by atoms with Gasteiger partial charge in [-0.1, -0.05) is 24.3 Å². The van der Waals surface area contributed by atoms with E-state index in [2.05, 4.69) is 4.74 Å². The van der Waals surface area contributed by atoms with Crippen LogP contribution in [-0.2, 0) is 14.6 Å². The lowest BCUT2D eigenvalue weighted by Crippen LogP contribution is -2.29. The van der Waals surface area contributed by atoms with Crippen molar-refractivity contribution in [2.45, 2.75) is 35.5 Å². The molecule has 3 aliphatic carbocycles. The average Bonchev–Trinajstić information content (AvgIpc) is 3.35. The van der Waals surface area contributed by atoms with E-state index in [0.29, 0.717) is 17.2 Å². The van der Waals surface area contributed by atoms with Crippen molar-refractivity contribution in [3.63, 3.8) is 0 Å². The molecule has 3 aliphatic rings. The minimum Gasteiger partial charge on any atom is -0.344 e. The first-order valence-electron chi connectivity index (χ1n) is 9.21. The van der Waals surface area contributed by atoms with E-state index in [4.69, 9.17) is 0 Å². The molecule has 0 heterocycles. The standard InChI is InChI=1S/C21H16F6O3S/c1-30-20(24)11-17(22)14(8-18(20)23)16-10-19(6-7-19)9-15(16)12-2-4-13(5-3-12)31(28,29)21(25,26)27/h2-5,8-10H,6-7,11H2,1H3. The van der Waals surface area contributed by atoms with Crippen molar-refractivity contribution in [3.05, 3.63) is 70.9 Å². The molecule has 1 atom stereocenters. The number of methoxy groups -OCH3 is 1. The first-order chi connectivity index (χ1) is 14.3. The largest absolute Gasteiger partial charge is 0.501 e. The molecule has 1 unspecified atom stereocenters. The van der Waals surface area contributed by atoms with Crippen LogP contribution in [0.2, 0.25) is 0 Å². The van der Waals surface area contributed by atoms with Crippen molar-refractivity contribution in [1.82, 2.24) is 0 Å². The molecule has 0 bridgehead atoms. The topological polar surface area (TPSA) is 43.4 Å². The third kappa shape index (κ3) is 3.55. The van der Waals surface area contributed by atoms with Gasteiger partial charge in [-0.05, 0) is 47.8 Å². The summed E-state index contributed by atoms with van der Waals surface area (Å²) in [6.45, 7) is 0. The maximum atomic E-state index is 14.7. The van der Waals surface area contributed by atoms with Crippen LogP contribution in [0.15, 0.2) is 70.2 Å². The SMILES string of the molecule is COC1(F)CC(F)=C(C2=CC3(C=C2c2ccc(S(=O)(=O)C(F)(F)F)cc2)CC3)C=C1F. The lowest BCUT2D eigenvalue weighted by molar-refractivity contribution is -0.107. The third-order valence-corrected chi connectivity index (χ3v) is 7.18. The fourth-order valence-corrected chi connectivity index (χ4v) is 4.46. The normalized spacial score (nSPS) is 25.5. The molecule has 10 heteroatoms. The van der Waals surface area contributed by atoms with Crippen molar-refractivity contribution >= 4 is 15.4 Å². The van der Waals surface area contributed by atoms with E-state index >= 15 is 0 Å². The summed E-state index contributed by atoms with van der Waals surface area (Å²) in [7, 11) is -4.59. The highest BCUT2D eigenvalue weighted by Crippen LogP contribution is 2.58. The highest BCUT2D eigenvalue weighted by Gasteiger charge is 2.48. The Morgan fingerprint density at radius 2 is 1.58 bits per heavy atom. The molecule has 0 amide bonds. The number of allylic oxidation sites excluding steroid dienone is 6. The van der Waals surface area contributed by atoms with Crippen LogP contribution in [0.3, 0.4) is 0 Å². The molecule has 0 saturated heterocycles. The zero-order chi connectivity index (χ0) is 22.8. The van der Waals surface area contributed by atoms with Gasteiger partial charge in [0.25, 0.3) is 15.7 Å². The number of sulfone groups is 1. The van der Waals surface area contributed by atoms with E-state index in [1.165, 1.54) is 12.1 Å². The predicted octanol–water partition coefficient (Wildman–Crippen LogP) is 5.88. The zero-order valence-electron chi connectivity index (χ0n) is 16.1. The molecular formula is C21H16F6O3S. The van der Waals surface area contributed by atoms with Crippen LogP contribution >= 0.6 is 0 Å². The van der Waals surface area contributed by atoms with Gasteiger partial charge in [-0.15, -0.1) is 0 Å². The molecule has 4 rings (SSSR count). The van der Waals surface area contributed by atoms with Gasteiger partial charge < -0.3 is 4.74 Å². The maximum absolute atomic E-state index is 14.7. The minimum atomic E-state index is -5.51. The Morgan fingerprint density at radius 3 is 2.10 bits per heavy atom. The van der Waals surface area contributed by atoms with Crippen molar-refractivity contribution in [2.24, 2.45) is 5.41 Å². The maximum Gasteiger partial charge on any atom is 0.501 e. The smallest absolute Gasteiger partial charge is 0.344 e. The van der Waals surface area contributed by atoms with Gasteiger partial charge in [0.2, 0.25) is 0 Å². The Morgan fingerprint density at radius 1 is 1.00 bits per heavy atom. The average molecular weight is 462 g/mol. The second-order valence-electron chi connectivity index (χ2n) is 7.74. The summed E-state index contributed by atoms with van der Waals surface area (Å²) in [4.78, 5) is -0.926. The number of hydrogen-bond acceptors (Lipinski definition) is 3. The number of rotatable bonds is 4. The molecule has 1 spiro atoms. The third-order valence-electron chi connectivity index (χ3n) is 5.68. The number of hydrogen-bond donors (Lipinski definition) is 0. The Kier molecular flexibility index (Phi) is 4.82. The summed E-state index contributed by atoms with van der Waals surface area (Å²) in [5, 5.41) is 0. The summed E-state index contributed by atoms with van der Waals surface area (Å²) < 4.78 is 109. The first kappa shape index (κ1) is 21.9. The number of benzene rings is 1. The van der Waals surface area contributed by atoms with E-state index in [-0.39, 0.29) is 16.6 Å². The van der Waals surface area contributed by atoms with E-state index in [0.717, 1.165) is 32.1 Å². The van der Waals surface area contributed by atoms with Gasteiger partial charge >= 0.3 is 5.51 Å². The van der Waals surface area contributed by atoms with E-state index in [9.17, 15) is 34.8 Å². The van der Waals surface area contributed by atoms with Crippen LogP contribution in [0, 0.1) is 5.41 Å². The van der Waals surface area contributed by atoms with Crippen LogP contribution in [-0.4, -0.2) is 26.9 Å². The molecule has 31 heavy (non-hydrogen) atoms. The lowest BCUT2D eigenvalue weighted by Gasteiger charge is -2.26. The number of halogens is 6. The molecule has 3 nitrogen and oxygen atoms in total. The summed E-state index contributed by atoms with van der Waals surface area (Å²) in [6, 6.07) is 3.98. The van der Waals surface area contributed by atoms with Crippen molar-refractivity contribution in [3.8, 4) is 0 Å². The van der Waals surface area contributed by atoms with Crippen LogP contribution in [0.25, 0.3) is 5.57 Å². The molecule has 0 aromatic heterocycles. The molecule has 0 N–H and O–H groups in total. The zero-order valence-corrected chi connectivity index (χ0v) is 16.9. The summed E-state index contributed by atoms with van der Waals surface area (Å²) in [6.07, 6.45) is 4.75. The minimum absolute atomic E-state index is 0.176. The van der Waals surface area contributed by atoms with Crippen LogP contribution < -0.4 is 0 Å². The highest BCUT2D eigenvalue weighted by molar-refractivity contribution is 7.92. The predicted molar refractivity (Wildman–Crippen MR) is 100 cm³/mol. The van der Waals surface area contributed by atoms with Crippen LogP contribution in [0.4, 0.5) is 26.3 Å². The van der Waals surface area contributed by atoms with Crippen molar-refractivity contribution < 1.29 is 39.5 Å². The molecule has 1 aromatic carbocycles. The second kappa shape index (κ2) is 6.83. The van der Waals surface area contributed by atoms with Gasteiger partial charge in [0.05, 0.1) is 11.3 Å². The lowest BCUT2D eigenvalue weighted by atomic mass is 9.89. The highest BCUT2D eigenvalue weighted by atomic mass is 32.2. The van der Waals surface area contributed by atoms with Crippen molar-refractivity contribution in [2.75, 3.05) is 7.11 Å². The Balaban J connectivity index is 1.73. The van der Waals surface area contributed by atoms with Gasteiger partial charge in [-0.3, -0.25) is 0 Å². The first-order valence-corrected chi connectivity index (χ1v) is 10.7. The monoisotopic (exact) mass is 462 g/mol. The van der Waals surface area contributed by atoms with Gasteiger partial charge in [-0.2, -0.15) is 13.2 Å². The summed E-state index contributed by atoms with van der Waals surface area (Å²) >= 11 is 0. The quantitative estimate of drug-likeness (QED) is 0.525. The van der Waals surface area contributed by atoms with Crippen LogP contribution in [0.5, 0.6) is 0 Å². The Labute approximate surface area is 174 Å². The summed E-state index contributed by atoms with van der Waals surface area (Å²) in [5.74, 6) is -5.13. The van der Waals surface area contributed by atoms with Gasteiger partial charge in [0.15, 0.2) is 5.83 Å². The fourth-order valence-electron chi connectivity index (χ4n) is 3.70. The van der Waals surface area contributed by atoms with Gasteiger partial charge in [0.1, 0.15) is 5.83 Å². The number of ether oxygens (including phenoxy) is 1. The van der Waals surface area contributed by atoms with E-state index < -0.39 is 44.2 Å². The summed E-state index contributed by atoms with van der Waals surface area (Å²) in [5.41, 5.74) is -4.99. The molecule has 1 aromatic rings. The Hall–Kier alpha value is -2.33. The van der Waals surface area contributed by atoms with E-state index in [1.54, 1.807) is 12.2 Å². The molecule has 0 radical (unpaired) electrons. The second-order valence-corrected chi connectivity index (χ2v) is 9.68.